The fourth-order valence-corrected chi connectivity index (χ4v) is 1.93. The Labute approximate surface area is 107 Å². The number of amidine groups is 1. The van der Waals surface area contributed by atoms with Crippen molar-refractivity contribution in [2.45, 2.75) is 12.2 Å². The molecule has 0 bridgehead atoms. The topological polar surface area (TPSA) is 94.3 Å². The molecule has 1 atom stereocenters. The molecule has 18 heavy (non-hydrogen) atoms. The van der Waals surface area contributed by atoms with Gasteiger partial charge in [0.2, 0.25) is 5.17 Å². The average molecular weight is 265 g/mol. The van der Waals surface area contributed by atoms with Crippen molar-refractivity contribution in [3.05, 3.63) is 23.8 Å². The Balaban J connectivity index is 2.11. The van der Waals surface area contributed by atoms with Gasteiger partial charge in [-0.05, 0) is 30.7 Å². The van der Waals surface area contributed by atoms with Gasteiger partial charge in [0.25, 0.3) is 5.91 Å². The largest absolute Gasteiger partial charge is 0.504 e. The Morgan fingerprint density at radius 2 is 2.22 bits per heavy atom. The monoisotopic (exact) mass is 265 g/mol. The summed E-state index contributed by atoms with van der Waals surface area (Å²) in [6.45, 7) is 1.76. The molecule has 94 valence electrons. The molecule has 0 spiro atoms. The molecule has 0 unspecified atom stereocenters. The molecular weight excluding hydrogens is 254 g/mol. The molecule has 2 rings (SSSR count). The van der Waals surface area contributed by atoms with Gasteiger partial charge >= 0.3 is 0 Å². The predicted molar refractivity (Wildman–Crippen MR) is 70.0 cm³/mol. The van der Waals surface area contributed by atoms with Crippen molar-refractivity contribution in [1.29, 1.82) is 0 Å². The number of carbonyl (C=O) groups is 1. The molecule has 0 aromatic heterocycles. The highest BCUT2D eigenvalue weighted by atomic mass is 32.2. The van der Waals surface area contributed by atoms with Gasteiger partial charge in [0.1, 0.15) is 0 Å². The molecule has 1 aromatic rings. The molecule has 0 saturated heterocycles. The molecule has 1 aliphatic heterocycles. The van der Waals surface area contributed by atoms with E-state index in [1.54, 1.807) is 13.0 Å². The lowest BCUT2D eigenvalue weighted by Crippen LogP contribution is -2.32. The maximum Gasteiger partial charge on any atom is 0.253 e. The summed E-state index contributed by atoms with van der Waals surface area (Å²) in [5.74, 6) is -0.544. The zero-order valence-electron chi connectivity index (χ0n) is 9.49. The van der Waals surface area contributed by atoms with Gasteiger partial charge in [0.05, 0.1) is 5.25 Å². The minimum absolute atomic E-state index is 0.152. The number of carbonyl (C=O) groups excluding carboxylic acids is 1. The van der Waals surface area contributed by atoms with Crippen molar-refractivity contribution in [3.8, 4) is 11.5 Å². The molecule has 1 heterocycles. The van der Waals surface area contributed by atoms with E-state index in [0.717, 1.165) is 0 Å². The molecule has 6 nitrogen and oxygen atoms in total. The van der Waals surface area contributed by atoms with E-state index in [-0.39, 0.29) is 22.7 Å². The van der Waals surface area contributed by atoms with Crippen LogP contribution < -0.4 is 5.43 Å². The van der Waals surface area contributed by atoms with Crippen molar-refractivity contribution in [1.82, 2.24) is 5.43 Å². The third-order valence-electron chi connectivity index (χ3n) is 2.24. The molecule has 1 amide bonds. The van der Waals surface area contributed by atoms with Crippen LogP contribution in [0.2, 0.25) is 0 Å². The van der Waals surface area contributed by atoms with Crippen LogP contribution in [0.1, 0.15) is 12.5 Å². The summed E-state index contributed by atoms with van der Waals surface area (Å²) in [6, 6.07) is 4.36. The first kappa shape index (κ1) is 12.4. The van der Waals surface area contributed by atoms with Crippen LogP contribution in [0.4, 0.5) is 0 Å². The van der Waals surface area contributed by atoms with Crippen LogP contribution in [0.3, 0.4) is 0 Å². The van der Waals surface area contributed by atoms with Crippen LogP contribution in [0.5, 0.6) is 11.5 Å². The van der Waals surface area contributed by atoms with E-state index in [1.807, 2.05) is 0 Å². The molecule has 0 aliphatic carbocycles. The van der Waals surface area contributed by atoms with E-state index in [4.69, 9.17) is 5.11 Å². The van der Waals surface area contributed by atoms with Gasteiger partial charge in [-0.1, -0.05) is 11.8 Å². The third kappa shape index (κ3) is 2.80. The number of thioether (sulfide) groups is 1. The number of benzene rings is 1. The second kappa shape index (κ2) is 5.09. The van der Waals surface area contributed by atoms with Crippen LogP contribution in [-0.2, 0) is 4.79 Å². The second-order valence-electron chi connectivity index (χ2n) is 3.64. The lowest BCUT2D eigenvalue weighted by molar-refractivity contribution is -0.120. The number of hydrogen-bond donors (Lipinski definition) is 3. The van der Waals surface area contributed by atoms with Gasteiger partial charge in [0.15, 0.2) is 11.5 Å². The maximum absolute atomic E-state index is 11.1. The summed E-state index contributed by atoms with van der Waals surface area (Å²) in [4.78, 5) is 15.2. The van der Waals surface area contributed by atoms with E-state index in [2.05, 4.69) is 15.5 Å². The second-order valence-corrected chi connectivity index (χ2v) is 4.94. The lowest BCUT2D eigenvalue weighted by Gasteiger charge is -2.13. The summed E-state index contributed by atoms with van der Waals surface area (Å²) >= 11 is 1.25. The van der Waals surface area contributed by atoms with Crippen molar-refractivity contribution in [2.75, 3.05) is 0 Å². The van der Waals surface area contributed by atoms with Crippen LogP contribution in [0.15, 0.2) is 28.3 Å². The normalized spacial score (nSPS) is 19.7. The number of rotatable bonds is 1. The molecule has 3 N–H and O–H groups in total. The van der Waals surface area contributed by atoms with Crippen molar-refractivity contribution >= 4 is 29.1 Å². The summed E-state index contributed by atoms with van der Waals surface area (Å²) < 4.78 is 0. The number of nitrogens with one attached hydrogen (secondary N) is 1. The van der Waals surface area contributed by atoms with Crippen LogP contribution in [0, 0.1) is 0 Å². The number of aliphatic imine (C=N–C) groups is 1. The van der Waals surface area contributed by atoms with Crippen molar-refractivity contribution in [3.63, 3.8) is 0 Å². The zero-order valence-corrected chi connectivity index (χ0v) is 10.3. The van der Waals surface area contributed by atoms with Crippen LogP contribution >= 0.6 is 11.8 Å². The van der Waals surface area contributed by atoms with Gasteiger partial charge in [0, 0.05) is 6.21 Å². The Morgan fingerprint density at radius 1 is 1.44 bits per heavy atom. The summed E-state index contributed by atoms with van der Waals surface area (Å²) in [6.07, 6.45) is 1.50. The molecule has 0 fully saturated rings. The number of phenols is 2. The number of aromatic hydroxyl groups is 2. The number of phenolic OH excluding ortho intramolecular Hbond substituents is 2. The highest BCUT2D eigenvalue weighted by Gasteiger charge is 2.20. The minimum Gasteiger partial charge on any atom is -0.504 e. The zero-order chi connectivity index (χ0) is 13.1. The fourth-order valence-electron chi connectivity index (χ4n) is 1.24. The predicted octanol–water partition coefficient (Wildman–Crippen LogP) is 1.04. The Hall–Kier alpha value is -2.02. The number of hydrogen-bond acceptors (Lipinski definition) is 6. The Bertz CT molecular complexity index is 542. The maximum atomic E-state index is 11.1. The SMILES string of the molecule is C[C@H]1SC(/N=C/c2ccc(O)c(O)c2)=NNC1=O. The van der Waals surface area contributed by atoms with Gasteiger partial charge in [-0.3, -0.25) is 4.79 Å². The third-order valence-corrected chi connectivity index (χ3v) is 3.21. The standard InChI is InChI=1S/C11H11N3O3S/c1-6-10(17)13-14-11(18-6)12-5-7-2-3-8(15)9(16)4-7/h2-6,15-16H,1H3,(H,13,17)/b12-5+/t6-/m1/s1. The smallest absolute Gasteiger partial charge is 0.253 e. The van der Waals surface area contributed by atoms with Gasteiger partial charge in [-0.2, -0.15) is 0 Å². The first-order chi connectivity index (χ1) is 8.56. The van der Waals surface area contributed by atoms with Gasteiger partial charge < -0.3 is 10.2 Å². The fraction of sp³-hybridized carbons (Fsp3) is 0.182. The molecule has 0 radical (unpaired) electrons. The van der Waals surface area contributed by atoms with E-state index >= 15 is 0 Å². The minimum atomic E-state index is -0.233. The molecular formula is C11H11N3O3S. The van der Waals surface area contributed by atoms with E-state index in [1.165, 1.54) is 30.1 Å². The summed E-state index contributed by atoms with van der Waals surface area (Å²) in [5.41, 5.74) is 2.99. The Morgan fingerprint density at radius 3 is 2.89 bits per heavy atom. The number of nitrogens with zero attached hydrogens (tertiary/aromatic N) is 2. The van der Waals surface area contributed by atoms with E-state index in [0.29, 0.717) is 10.7 Å². The molecule has 1 aliphatic rings. The van der Waals surface area contributed by atoms with Crippen LogP contribution in [-0.4, -0.2) is 32.8 Å². The van der Waals surface area contributed by atoms with Crippen molar-refractivity contribution in [2.24, 2.45) is 10.1 Å². The first-order valence-electron chi connectivity index (χ1n) is 5.16. The Kier molecular flexibility index (Phi) is 3.52. The highest BCUT2D eigenvalue weighted by molar-refractivity contribution is 8.15. The molecule has 0 saturated carbocycles. The van der Waals surface area contributed by atoms with Crippen LogP contribution in [0.25, 0.3) is 0 Å². The number of hydrazone groups is 1. The number of amides is 1. The van der Waals surface area contributed by atoms with Gasteiger partial charge in [-0.25, -0.2) is 10.4 Å². The summed E-state index contributed by atoms with van der Waals surface area (Å²) in [7, 11) is 0. The highest BCUT2D eigenvalue weighted by Crippen LogP contribution is 2.24. The van der Waals surface area contributed by atoms with Gasteiger partial charge in [-0.15, -0.1) is 5.10 Å². The molecule has 1 aromatic carbocycles. The summed E-state index contributed by atoms with van der Waals surface area (Å²) in [5, 5.41) is 22.5. The van der Waals surface area contributed by atoms with Crippen molar-refractivity contribution < 1.29 is 15.0 Å². The van der Waals surface area contributed by atoms with E-state index in [9.17, 15) is 9.90 Å². The first-order valence-corrected chi connectivity index (χ1v) is 6.04. The quantitative estimate of drug-likeness (QED) is 0.522. The van der Waals surface area contributed by atoms with E-state index < -0.39 is 0 Å². The lowest BCUT2D eigenvalue weighted by atomic mass is 10.2. The average Bonchev–Trinajstić information content (AvgIpc) is 2.35. The molecule has 7 heteroatoms.